The van der Waals surface area contributed by atoms with Crippen LogP contribution in [0.4, 0.5) is 5.69 Å². The van der Waals surface area contributed by atoms with E-state index in [-0.39, 0.29) is 28.0 Å². The quantitative estimate of drug-likeness (QED) is 0.503. The van der Waals surface area contributed by atoms with Gasteiger partial charge in [-0.05, 0) is 18.1 Å². The Morgan fingerprint density at radius 2 is 1.90 bits per heavy atom. The fourth-order valence-electron chi connectivity index (χ4n) is 3.32. The van der Waals surface area contributed by atoms with Gasteiger partial charge in [0.05, 0.1) is 25.2 Å². The Morgan fingerprint density at radius 1 is 1.21 bits per heavy atom. The van der Waals surface area contributed by atoms with E-state index in [0.29, 0.717) is 30.3 Å². The van der Waals surface area contributed by atoms with Crippen molar-refractivity contribution in [2.24, 2.45) is 0 Å². The van der Waals surface area contributed by atoms with Gasteiger partial charge in [-0.3, -0.25) is 14.9 Å². The molecular formula is C20H21ClN2O5S. The smallest absolute Gasteiger partial charge is 0.286 e. The molecule has 0 radical (unpaired) electrons. The highest BCUT2D eigenvalue weighted by atomic mass is 35.5. The Morgan fingerprint density at radius 3 is 2.55 bits per heavy atom. The highest BCUT2D eigenvalue weighted by Gasteiger charge is 2.30. The molecule has 2 aromatic rings. The molecule has 0 spiro atoms. The molecule has 1 unspecified atom stereocenters. The van der Waals surface area contributed by atoms with Crippen LogP contribution < -0.4 is 9.47 Å². The summed E-state index contributed by atoms with van der Waals surface area (Å²) in [6.07, 6.45) is 0.710. The molecule has 154 valence electrons. The number of amides is 1. The van der Waals surface area contributed by atoms with Crippen molar-refractivity contribution in [3.8, 4) is 11.5 Å². The molecule has 0 N–H and O–H groups in total. The Labute approximate surface area is 178 Å². The lowest BCUT2D eigenvalue weighted by Gasteiger charge is -2.21. The summed E-state index contributed by atoms with van der Waals surface area (Å²) in [4.78, 5) is 25.8. The summed E-state index contributed by atoms with van der Waals surface area (Å²) >= 11 is 8.06. The first kappa shape index (κ1) is 21.3. The minimum Gasteiger partial charge on any atom is -0.493 e. The van der Waals surface area contributed by atoms with E-state index in [1.54, 1.807) is 16.7 Å². The van der Waals surface area contributed by atoms with Crippen LogP contribution in [0, 0.1) is 10.1 Å². The molecule has 0 aliphatic carbocycles. The van der Waals surface area contributed by atoms with Crippen LogP contribution in [0.15, 0.2) is 36.4 Å². The summed E-state index contributed by atoms with van der Waals surface area (Å²) in [7, 11) is 2.82. The zero-order valence-electron chi connectivity index (χ0n) is 16.1. The summed E-state index contributed by atoms with van der Waals surface area (Å²) in [6.45, 7) is 0.975. The average Bonchev–Trinajstić information content (AvgIpc) is 2.98. The van der Waals surface area contributed by atoms with Crippen LogP contribution in [0.25, 0.3) is 0 Å². The van der Waals surface area contributed by atoms with E-state index in [4.69, 9.17) is 21.1 Å². The van der Waals surface area contributed by atoms with Crippen LogP contribution in [-0.2, 0) is 0 Å². The number of hydrogen-bond donors (Lipinski definition) is 0. The molecule has 1 heterocycles. The highest BCUT2D eigenvalue weighted by Crippen LogP contribution is 2.39. The van der Waals surface area contributed by atoms with E-state index in [9.17, 15) is 14.9 Å². The normalized spacial score (nSPS) is 16.8. The average molecular weight is 437 g/mol. The van der Waals surface area contributed by atoms with Crippen molar-refractivity contribution in [2.45, 2.75) is 11.7 Å². The predicted octanol–water partition coefficient (Wildman–Crippen LogP) is 4.59. The molecule has 1 amide bonds. The van der Waals surface area contributed by atoms with Gasteiger partial charge in [0.15, 0.2) is 11.5 Å². The standard InChI is InChI=1S/C20H21ClN2O5S/c1-27-17-11-14(16(23(25)26)12-18(17)28-2)20(24)22-8-7-19(29-10-9-22)13-5-3-4-6-15(13)21/h3-6,11-12,19H,7-10H2,1-2H3. The molecule has 0 saturated carbocycles. The molecule has 1 fully saturated rings. The van der Waals surface area contributed by atoms with E-state index in [1.807, 2.05) is 24.3 Å². The number of methoxy groups -OCH3 is 2. The van der Waals surface area contributed by atoms with Crippen molar-refractivity contribution in [3.63, 3.8) is 0 Å². The molecule has 1 aliphatic rings. The van der Waals surface area contributed by atoms with E-state index < -0.39 is 10.8 Å². The van der Waals surface area contributed by atoms with E-state index in [0.717, 1.165) is 5.56 Å². The van der Waals surface area contributed by atoms with Crippen molar-refractivity contribution < 1.29 is 19.2 Å². The maximum atomic E-state index is 13.1. The number of thioether (sulfide) groups is 1. The lowest BCUT2D eigenvalue weighted by atomic mass is 10.1. The van der Waals surface area contributed by atoms with Gasteiger partial charge in [0.2, 0.25) is 0 Å². The molecule has 1 aliphatic heterocycles. The van der Waals surface area contributed by atoms with Crippen LogP contribution in [0.2, 0.25) is 5.02 Å². The van der Waals surface area contributed by atoms with Crippen LogP contribution in [0.5, 0.6) is 11.5 Å². The zero-order chi connectivity index (χ0) is 21.0. The number of carbonyl (C=O) groups excluding carboxylic acids is 1. The van der Waals surface area contributed by atoms with E-state index in [2.05, 4.69) is 0 Å². The number of benzene rings is 2. The summed E-state index contributed by atoms with van der Waals surface area (Å²) in [5.41, 5.74) is 0.742. The Balaban J connectivity index is 1.85. The van der Waals surface area contributed by atoms with Gasteiger partial charge in [-0.15, -0.1) is 0 Å². The Hall–Kier alpha value is -2.45. The fraction of sp³-hybridized carbons (Fsp3) is 0.350. The topological polar surface area (TPSA) is 81.9 Å². The fourth-order valence-corrected chi connectivity index (χ4v) is 4.92. The molecular weight excluding hydrogens is 416 g/mol. The van der Waals surface area contributed by atoms with E-state index in [1.165, 1.54) is 26.4 Å². The SMILES string of the molecule is COc1cc(C(=O)N2CCSC(c3ccccc3Cl)CC2)c([N+](=O)[O-])cc1OC. The van der Waals surface area contributed by atoms with Crippen molar-refractivity contribution >= 4 is 35.0 Å². The highest BCUT2D eigenvalue weighted by molar-refractivity contribution is 7.99. The first-order chi connectivity index (χ1) is 14.0. The van der Waals surface area contributed by atoms with Crippen LogP contribution >= 0.6 is 23.4 Å². The largest absolute Gasteiger partial charge is 0.493 e. The Bertz CT molecular complexity index is 924. The monoisotopic (exact) mass is 436 g/mol. The van der Waals surface area contributed by atoms with Gasteiger partial charge in [-0.1, -0.05) is 29.8 Å². The maximum absolute atomic E-state index is 13.1. The molecule has 1 atom stereocenters. The first-order valence-electron chi connectivity index (χ1n) is 9.02. The molecule has 7 nitrogen and oxygen atoms in total. The minimum atomic E-state index is -0.575. The second-order valence-electron chi connectivity index (χ2n) is 6.44. The molecule has 3 rings (SSSR count). The van der Waals surface area contributed by atoms with Gasteiger partial charge in [-0.25, -0.2) is 0 Å². The van der Waals surface area contributed by atoms with Crippen molar-refractivity contribution in [3.05, 3.63) is 62.7 Å². The van der Waals surface area contributed by atoms with Crippen molar-refractivity contribution in [2.75, 3.05) is 33.1 Å². The third-order valence-corrected chi connectivity index (χ3v) is 6.46. The second kappa shape index (κ2) is 9.37. The first-order valence-corrected chi connectivity index (χ1v) is 10.4. The van der Waals surface area contributed by atoms with Gasteiger partial charge in [0, 0.05) is 35.2 Å². The lowest BCUT2D eigenvalue weighted by Crippen LogP contribution is -2.33. The number of halogens is 1. The number of ether oxygens (including phenoxy) is 2. The number of nitro benzene ring substituents is 1. The predicted molar refractivity (Wildman–Crippen MR) is 113 cm³/mol. The summed E-state index contributed by atoms with van der Waals surface area (Å²) in [6, 6.07) is 10.3. The van der Waals surface area contributed by atoms with Gasteiger partial charge in [0.25, 0.3) is 11.6 Å². The van der Waals surface area contributed by atoms with Crippen molar-refractivity contribution in [1.29, 1.82) is 0 Å². The Kier molecular flexibility index (Phi) is 6.87. The number of hydrogen-bond acceptors (Lipinski definition) is 6. The summed E-state index contributed by atoms with van der Waals surface area (Å²) in [5.74, 6) is 0.807. The lowest BCUT2D eigenvalue weighted by molar-refractivity contribution is -0.385. The third-order valence-electron chi connectivity index (χ3n) is 4.81. The molecule has 29 heavy (non-hydrogen) atoms. The molecule has 1 saturated heterocycles. The summed E-state index contributed by atoms with van der Waals surface area (Å²) < 4.78 is 10.4. The zero-order valence-corrected chi connectivity index (χ0v) is 17.7. The van der Waals surface area contributed by atoms with Crippen molar-refractivity contribution in [1.82, 2.24) is 4.90 Å². The molecule has 9 heteroatoms. The number of nitrogens with zero attached hydrogens (tertiary/aromatic N) is 2. The van der Waals surface area contributed by atoms with Gasteiger partial charge in [-0.2, -0.15) is 11.8 Å². The number of nitro groups is 1. The molecule has 2 aromatic carbocycles. The second-order valence-corrected chi connectivity index (χ2v) is 8.16. The number of carbonyl (C=O) groups is 1. The van der Waals surface area contributed by atoms with Gasteiger partial charge in [0.1, 0.15) is 5.56 Å². The maximum Gasteiger partial charge on any atom is 0.286 e. The van der Waals surface area contributed by atoms with E-state index >= 15 is 0 Å². The van der Waals surface area contributed by atoms with Crippen LogP contribution in [-0.4, -0.2) is 48.8 Å². The third kappa shape index (κ3) is 4.59. The molecule has 0 bridgehead atoms. The van der Waals surface area contributed by atoms with Crippen LogP contribution in [0.1, 0.15) is 27.6 Å². The summed E-state index contributed by atoms with van der Waals surface area (Å²) in [5, 5.41) is 12.4. The minimum absolute atomic E-state index is 0.00570. The molecule has 0 aromatic heterocycles. The number of rotatable bonds is 5. The van der Waals surface area contributed by atoms with Crippen LogP contribution in [0.3, 0.4) is 0 Å². The van der Waals surface area contributed by atoms with Gasteiger partial charge < -0.3 is 14.4 Å². The van der Waals surface area contributed by atoms with Gasteiger partial charge >= 0.3 is 0 Å².